The average Bonchev–Trinajstić information content (AvgIpc) is 2.77. The highest BCUT2D eigenvalue weighted by atomic mass is 16.5. The van der Waals surface area contributed by atoms with Crippen LogP contribution in [0, 0.1) is 0 Å². The highest BCUT2D eigenvalue weighted by Gasteiger charge is 2.13. The second-order valence-electron chi connectivity index (χ2n) is 7.21. The zero-order chi connectivity index (χ0) is 20.3. The second kappa shape index (κ2) is 11.4. The van der Waals surface area contributed by atoms with Crippen molar-refractivity contribution in [3.63, 3.8) is 0 Å². The van der Waals surface area contributed by atoms with E-state index in [1.54, 1.807) is 0 Å². The molecule has 3 aromatic carbocycles. The predicted octanol–water partition coefficient (Wildman–Crippen LogP) is 5.41. The predicted molar refractivity (Wildman–Crippen MR) is 119 cm³/mol. The molecule has 0 aliphatic carbocycles. The van der Waals surface area contributed by atoms with Gasteiger partial charge in [0.2, 0.25) is 0 Å². The van der Waals surface area contributed by atoms with E-state index in [0.717, 1.165) is 24.3 Å². The van der Waals surface area contributed by atoms with Crippen molar-refractivity contribution in [1.82, 2.24) is 5.32 Å². The molecule has 3 aromatic rings. The Bertz CT molecular complexity index is 818. The molecule has 0 aromatic heterocycles. The van der Waals surface area contributed by atoms with Crippen LogP contribution in [0.15, 0.2) is 84.9 Å². The lowest BCUT2D eigenvalue weighted by Crippen LogP contribution is -2.31. The highest BCUT2D eigenvalue weighted by Crippen LogP contribution is 2.27. The van der Waals surface area contributed by atoms with Gasteiger partial charge in [-0.3, -0.25) is 0 Å². The summed E-state index contributed by atoms with van der Waals surface area (Å²) in [5.74, 6) is 0.884. The van der Waals surface area contributed by atoms with Crippen molar-refractivity contribution in [2.24, 2.45) is 0 Å². The molecule has 152 valence electrons. The zero-order valence-electron chi connectivity index (χ0n) is 17.4. The first-order valence-corrected chi connectivity index (χ1v) is 10.4. The lowest BCUT2D eigenvalue weighted by Gasteiger charge is -2.18. The molecular formula is C26H31NO2. The molecule has 29 heavy (non-hydrogen) atoms. The van der Waals surface area contributed by atoms with Gasteiger partial charge < -0.3 is 14.8 Å². The molecule has 3 heteroatoms. The number of rotatable bonds is 11. The largest absolute Gasteiger partial charge is 0.492 e. The molecule has 0 amide bonds. The van der Waals surface area contributed by atoms with Crippen LogP contribution in [0.25, 0.3) is 0 Å². The van der Waals surface area contributed by atoms with Crippen molar-refractivity contribution < 1.29 is 9.47 Å². The summed E-state index contributed by atoms with van der Waals surface area (Å²) >= 11 is 0. The third-order valence-electron chi connectivity index (χ3n) is 4.87. The smallest absolute Gasteiger partial charge is 0.119 e. The Morgan fingerprint density at radius 1 is 0.793 bits per heavy atom. The molecular weight excluding hydrogens is 358 g/mol. The molecule has 0 heterocycles. The van der Waals surface area contributed by atoms with Crippen LogP contribution in [0.2, 0.25) is 0 Å². The van der Waals surface area contributed by atoms with Crippen molar-refractivity contribution in [2.45, 2.75) is 32.4 Å². The lowest BCUT2D eigenvalue weighted by atomic mass is 10.0. The van der Waals surface area contributed by atoms with Gasteiger partial charge in [-0.05, 0) is 49.1 Å². The van der Waals surface area contributed by atoms with Gasteiger partial charge in [0, 0.05) is 19.2 Å². The summed E-state index contributed by atoms with van der Waals surface area (Å²) in [7, 11) is 0. The summed E-state index contributed by atoms with van der Waals surface area (Å²) in [6, 6.07) is 29.5. The van der Waals surface area contributed by atoms with Crippen LogP contribution in [-0.4, -0.2) is 25.8 Å². The van der Waals surface area contributed by atoms with Crippen LogP contribution >= 0.6 is 0 Å². The molecule has 3 rings (SSSR count). The Kier molecular flexibility index (Phi) is 8.29. The minimum atomic E-state index is -0.0456. The average molecular weight is 390 g/mol. The quantitative estimate of drug-likeness (QED) is 0.445. The Morgan fingerprint density at radius 3 is 2.07 bits per heavy atom. The van der Waals surface area contributed by atoms with Crippen molar-refractivity contribution in [1.29, 1.82) is 0 Å². The van der Waals surface area contributed by atoms with Crippen molar-refractivity contribution >= 4 is 0 Å². The first kappa shape index (κ1) is 21.1. The fourth-order valence-electron chi connectivity index (χ4n) is 3.43. The summed E-state index contributed by atoms with van der Waals surface area (Å²) in [6.07, 6.45) is 0.976. The van der Waals surface area contributed by atoms with Crippen LogP contribution in [0.3, 0.4) is 0 Å². The second-order valence-corrected chi connectivity index (χ2v) is 7.21. The molecule has 1 N–H and O–H groups in total. The lowest BCUT2D eigenvalue weighted by molar-refractivity contribution is 0.0913. The zero-order valence-corrected chi connectivity index (χ0v) is 17.4. The summed E-state index contributed by atoms with van der Waals surface area (Å²) in [4.78, 5) is 0. The van der Waals surface area contributed by atoms with Gasteiger partial charge in [-0.2, -0.15) is 0 Å². The van der Waals surface area contributed by atoms with Gasteiger partial charge in [-0.15, -0.1) is 0 Å². The van der Waals surface area contributed by atoms with Gasteiger partial charge in [0.1, 0.15) is 18.5 Å². The Morgan fingerprint density at radius 2 is 1.41 bits per heavy atom. The fourth-order valence-corrected chi connectivity index (χ4v) is 3.43. The molecule has 2 atom stereocenters. The van der Waals surface area contributed by atoms with E-state index in [1.807, 2.05) is 37.3 Å². The van der Waals surface area contributed by atoms with Crippen molar-refractivity contribution in [3.8, 4) is 5.75 Å². The van der Waals surface area contributed by atoms with Gasteiger partial charge >= 0.3 is 0 Å². The molecule has 0 saturated carbocycles. The van der Waals surface area contributed by atoms with Crippen molar-refractivity contribution in [3.05, 3.63) is 102 Å². The molecule has 0 bridgehead atoms. The maximum atomic E-state index is 5.98. The van der Waals surface area contributed by atoms with Crippen LogP contribution in [0.5, 0.6) is 5.75 Å². The molecule has 2 unspecified atom stereocenters. The van der Waals surface area contributed by atoms with E-state index in [2.05, 4.69) is 66.8 Å². The van der Waals surface area contributed by atoms with E-state index in [4.69, 9.17) is 9.47 Å². The number of hydrogen-bond donors (Lipinski definition) is 1. The first-order chi connectivity index (χ1) is 14.3. The van der Waals surface area contributed by atoms with E-state index in [-0.39, 0.29) is 6.10 Å². The summed E-state index contributed by atoms with van der Waals surface area (Å²) in [5.41, 5.74) is 3.66. The summed E-state index contributed by atoms with van der Waals surface area (Å²) < 4.78 is 11.9. The van der Waals surface area contributed by atoms with Gasteiger partial charge in [0.25, 0.3) is 0 Å². The first-order valence-electron chi connectivity index (χ1n) is 10.4. The number of hydrogen-bond acceptors (Lipinski definition) is 3. The van der Waals surface area contributed by atoms with Gasteiger partial charge in [0.15, 0.2) is 0 Å². The Labute approximate surface area is 174 Å². The molecule has 0 spiro atoms. The molecule has 3 nitrogen and oxygen atoms in total. The number of ether oxygens (including phenoxy) is 2. The summed E-state index contributed by atoms with van der Waals surface area (Å²) in [6.45, 7) is 6.37. The minimum absolute atomic E-state index is 0.0456. The monoisotopic (exact) mass is 389 g/mol. The summed E-state index contributed by atoms with van der Waals surface area (Å²) in [5, 5.41) is 3.52. The molecule has 0 saturated heterocycles. The van der Waals surface area contributed by atoms with E-state index >= 15 is 0 Å². The van der Waals surface area contributed by atoms with Crippen LogP contribution in [-0.2, 0) is 11.2 Å². The number of benzene rings is 3. The molecule has 0 aliphatic heterocycles. The van der Waals surface area contributed by atoms with Crippen LogP contribution in [0.4, 0.5) is 0 Å². The van der Waals surface area contributed by atoms with Gasteiger partial charge in [-0.1, -0.05) is 72.8 Å². The van der Waals surface area contributed by atoms with E-state index < -0.39 is 0 Å². The van der Waals surface area contributed by atoms with Crippen LogP contribution in [0.1, 0.15) is 36.6 Å². The normalized spacial score (nSPS) is 13.0. The SMILES string of the molecule is CCOC(c1ccccc1)c1ccc(OCCNC(C)Cc2ccccc2)cc1. The molecule has 0 aliphatic rings. The topological polar surface area (TPSA) is 30.5 Å². The third kappa shape index (κ3) is 6.74. The van der Waals surface area contributed by atoms with Crippen molar-refractivity contribution in [2.75, 3.05) is 19.8 Å². The Hall–Kier alpha value is -2.62. The maximum absolute atomic E-state index is 5.98. The highest BCUT2D eigenvalue weighted by molar-refractivity contribution is 5.34. The standard InChI is InChI=1S/C26H31NO2/c1-3-28-26(23-12-8-5-9-13-23)24-14-16-25(17-15-24)29-19-18-27-21(2)20-22-10-6-4-7-11-22/h4-17,21,26-27H,3,18-20H2,1-2H3. The van der Waals surface area contributed by atoms with E-state index in [9.17, 15) is 0 Å². The molecule has 0 fully saturated rings. The van der Waals surface area contributed by atoms with E-state index in [0.29, 0.717) is 19.3 Å². The Balaban J connectivity index is 1.46. The van der Waals surface area contributed by atoms with Crippen LogP contribution < -0.4 is 10.1 Å². The molecule has 0 radical (unpaired) electrons. The number of nitrogens with one attached hydrogen (secondary N) is 1. The maximum Gasteiger partial charge on any atom is 0.119 e. The minimum Gasteiger partial charge on any atom is -0.492 e. The van der Waals surface area contributed by atoms with E-state index in [1.165, 1.54) is 11.1 Å². The van der Waals surface area contributed by atoms with Gasteiger partial charge in [0.05, 0.1) is 0 Å². The van der Waals surface area contributed by atoms with Gasteiger partial charge in [-0.25, -0.2) is 0 Å². The fraction of sp³-hybridized carbons (Fsp3) is 0.308. The third-order valence-corrected chi connectivity index (χ3v) is 4.87.